The molecule has 0 radical (unpaired) electrons. The van der Waals surface area contributed by atoms with Crippen LogP contribution in [0, 0.1) is 0 Å². The molecule has 0 aliphatic carbocycles. The van der Waals surface area contributed by atoms with Gasteiger partial charge in [0.25, 0.3) is 11.5 Å². The van der Waals surface area contributed by atoms with Crippen LogP contribution in [0.2, 0.25) is 5.02 Å². The summed E-state index contributed by atoms with van der Waals surface area (Å²) in [5, 5.41) is 1.65. The molecule has 0 fully saturated rings. The molecule has 8 heteroatoms. The first-order valence-corrected chi connectivity index (χ1v) is 10.1. The van der Waals surface area contributed by atoms with E-state index in [1.807, 2.05) is 13.2 Å². The van der Waals surface area contributed by atoms with Gasteiger partial charge < -0.3 is 9.88 Å². The summed E-state index contributed by atoms with van der Waals surface area (Å²) >= 11 is 7.44. The van der Waals surface area contributed by atoms with Crippen molar-refractivity contribution in [3.63, 3.8) is 0 Å². The Morgan fingerprint density at radius 1 is 1.33 bits per heavy atom. The normalized spacial score (nSPS) is 10.9. The van der Waals surface area contributed by atoms with Crippen LogP contribution in [0.4, 0.5) is 0 Å². The number of thioether (sulfide) groups is 1. The monoisotopic (exact) mass is 402 g/mol. The van der Waals surface area contributed by atoms with Crippen molar-refractivity contribution < 1.29 is 4.79 Å². The Hall–Kier alpha value is -2.38. The van der Waals surface area contributed by atoms with E-state index in [1.54, 1.807) is 41.4 Å². The summed E-state index contributed by atoms with van der Waals surface area (Å²) in [6.45, 7) is 2.74. The van der Waals surface area contributed by atoms with Crippen LogP contribution in [-0.4, -0.2) is 38.6 Å². The van der Waals surface area contributed by atoms with E-state index >= 15 is 0 Å². The minimum atomic E-state index is -0.248. The van der Waals surface area contributed by atoms with Crippen molar-refractivity contribution in [2.45, 2.75) is 24.9 Å². The number of fused-ring (bicyclic) bond motifs is 1. The van der Waals surface area contributed by atoms with E-state index in [-0.39, 0.29) is 18.0 Å². The maximum atomic E-state index is 13.1. The third-order valence-corrected chi connectivity index (χ3v) is 4.98. The van der Waals surface area contributed by atoms with Gasteiger partial charge in [-0.15, -0.1) is 11.8 Å². The minimum absolute atomic E-state index is 0.136. The van der Waals surface area contributed by atoms with Crippen molar-refractivity contribution in [1.29, 1.82) is 0 Å². The highest BCUT2D eigenvalue weighted by molar-refractivity contribution is 7.98. The van der Waals surface area contributed by atoms with Crippen molar-refractivity contribution in [1.82, 2.24) is 19.9 Å². The number of rotatable bonds is 6. The molecule has 27 heavy (non-hydrogen) atoms. The Bertz CT molecular complexity index is 1040. The highest BCUT2D eigenvalue weighted by Crippen LogP contribution is 2.20. The van der Waals surface area contributed by atoms with Crippen molar-refractivity contribution >= 4 is 40.2 Å². The van der Waals surface area contributed by atoms with E-state index in [0.717, 1.165) is 6.42 Å². The second-order valence-corrected chi connectivity index (χ2v) is 7.19. The Morgan fingerprint density at radius 2 is 2.15 bits per heavy atom. The first-order chi connectivity index (χ1) is 13.0. The van der Waals surface area contributed by atoms with Crippen LogP contribution in [0.25, 0.3) is 10.9 Å². The van der Waals surface area contributed by atoms with E-state index in [0.29, 0.717) is 38.9 Å². The molecule has 3 rings (SSSR count). The number of hydrogen-bond donors (Lipinski definition) is 1. The summed E-state index contributed by atoms with van der Waals surface area (Å²) in [6, 6.07) is 8.45. The van der Waals surface area contributed by atoms with Crippen LogP contribution in [0.1, 0.15) is 29.5 Å². The molecule has 0 aliphatic heterocycles. The molecule has 1 amide bonds. The zero-order chi connectivity index (χ0) is 19.4. The number of hydrogen-bond acceptors (Lipinski definition) is 5. The molecule has 1 N–H and O–H groups in total. The van der Waals surface area contributed by atoms with Gasteiger partial charge in [-0.3, -0.25) is 9.59 Å². The summed E-state index contributed by atoms with van der Waals surface area (Å²) in [5.74, 6) is 0.286. The summed E-state index contributed by atoms with van der Waals surface area (Å²) < 4.78 is 0. The van der Waals surface area contributed by atoms with Gasteiger partial charge in [0.1, 0.15) is 10.9 Å². The molecule has 0 saturated heterocycles. The molecule has 2 aromatic heterocycles. The van der Waals surface area contributed by atoms with Crippen molar-refractivity contribution in [2.24, 2.45) is 0 Å². The predicted octanol–water partition coefficient (Wildman–Crippen LogP) is 3.75. The van der Waals surface area contributed by atoms with Crippen molar-refractivity contribution in [3.05, 3.63) is 63.3 Å². The molecule has 1 aromatic carbocycles. The van der Waals surface area contributed by atoms with E-state index in [4.69, 9.17) is 11.6 Å². The van der Waals surface area contributed by atoms with Crippen molar-refractivity contribution in [3.8, 4) is 0 Å². The fraction of sp³-hybridized carbons (Fsp3) is 0.263. The number of H-pyrrole nitrogens is 1. The molecule has 3 aromatic rings. The number of carbonyl (C=O) groups excluding carboxylic acids is 1. The average molecular weight is 403 g/mol. The summed E-state index contributed by atoms with van der Waals surface area (Å²) in [7, 11) is 0. The predicted molar refractivity (Wildman–Crippen MR) is 108 cm³/mol. The Kier molecular flexibility index (Phi) is 6.13. The third-order valence-electron chi connectivity index (χ3n) is 4.03. The number of amides is 1. The number of aromatic amines is 1. The summed E-state index contributed by atoms with van der Waals surface area (Å²) in [6.07, 6.45) is 4.33. The summed E-state index contributed by atoms with van der Waals surface area (Å²) in [5.41, 5.74) is 0.808. The van der Waals surface area contributed by atoms with Gasteiger partial charge in [-0.2, -0.15) is 0 Å². The number of aromatic nitrogens is 3. The van der Waals surface area contributed by atoms with Gasteiger partial charge in [0.15, 0.2) is 0 Å². The fourth-order valence-corrected chi connectivity index (χ4v) is 3.53. The molecule has 0 spiro atoms. The first-order valence-electron chi connectivity index (χ1n) is 8.50. The molecular formula is C19H19ClN4O2S. The minimum Gasteiger partial charge on any atom is -0.331 e. The number of nitrogens with zero attached hydrogens (tertiary/aromatic N) is 3. The first kappa shape index (κ1) is 19.4. The smallest absolute Gasteiger partial charge is 0.258 e. The standard InChI is InChI=1S/C19H19ClN4O2S/c1-3-9-24(19(26)14-5-4-8-21-18(14)27-2)11-16-22-15-10-12(20)6-7-13(15)17(25)23-16/h4-8,10H,3,9,11H2,1-2H3,(H,22,23,25). The Labute approximate surface area is 166 Å². The number of pyridine rings is 1. The van der Waals surface area contributed by atoms with Crippen LogP contribution in [0.15, 0.2) is 46.3 Å². The number of benzene rings is 1. The van der Waals surface area contributed by atoms with Gasteiger partial charge in [0.2, 0.25) is 0 Å². The molecule has 0 atom stereocenters. The van der Waals surface area contributed by atoms with E-state index in [2.05, 4.69) is 15.0 Å². The molecule has 0 unspecified atom stereocenters. The van der Waals surface area contributed by atoms with Crippen LogP contribution < -0.4 is 5.56 Å². The van der Waals surface area contributed by atoms with Gasteiger partial charge >= 0.3 is 0 Å². The number of nitrogens with one attached hydrogen (secondary N) is 1. The molecular weight excluding hydrogens is 384 g/mol. The lowest BCUT2D eigenvalue weighted by molar-refractivity contribution is 0.0734. The quantitative estimate of drug-likeness (QED) is 0.635. The second-order valence-electron chi connectivity index (χ2n) is 5.96. The van der Waals surface area contributed by atoms with Crippen LogP contribution in [-0.2, 0) is 6.54 Å². The molecule has 140 valence electrons. The van der Waals surface area contributed by atoms with Crippen LogP contribution >= 0.6 is 23.4 Å². The van der Waals surface area contributed by atoms with Gasteiger partial charge in [0, 0.05) is 17.8 Å². The molecule has 6 nitrogen and oxygen atoms in total. The summed E-state index contributed by atoms with van der Waals surface area (Å²) in [4.78, 5) is 38.6. The van der Waals surface area contributed by atoms with Gasteiger partial charge in [-0.05, 0) is 43.0 Å². The Morgan fingerprint density at radius 3 is 2.89 bits per heavy atom. The fourth-order valence-electron chi connectivity index (χ4n) is 2.83. The van der Waals surface area contributed by atoms with Crippen LogP contribution in [0.5, 0.6) is 0 Å². The van der Waals surface area contributed by atoms with Gasteiger partial charge in [-0.1, -0.05) is 18.5 Å². The third kappa shape index (κ3) is 4.31. The molecule has 0 saturated carbocycles. The van der Waals surface area contributed by atoms with Crippen LogP contribution in [0.3, 0.4) is 0 Å². The molecule has 0 aliphatic rings. The zero-order valence-corrected chi connectivity index (χ0v) is 16.6. The van der Waals surface area contributed by atoms with E-state index < -0.39 is 0 Å². The van der Waals surface area contributed by atoms with Gasteiger partial charge in [-0.25, -0.2) is 9.97 Å². The molecule has 2 heterocycles. The van der Waals surface area contributed by atoms with Gasteiger partial charge in [0.05, 0.1) is 23.0 Å². The van der Waals surface area contributed by atoms with E-state index in [1.165, 1.54) is 11.8 Å². The van der Waals surface area contributed by atoms with E-state index in [9.17, 15) is 9.59 Å². The average Bonchev–Trinajstić information content (AvgIpc) is 2.66. The Balaban J connectivity index is 1.96. The highest BCUT2D eigenvalue weighted by atomic mass is 35.5. The lowest BCUT2D eigenvalue weighted by Gasteiger charge is -2.22. The SMILES string of the molecule is CCCN(Cc1nc2cc(Cl)ccc2c(=O)[nH]1)C(=O)c1cccnc1SC. The largest absolute Gasteiger partial charge is 0.331 e. The van der Waals surface area contributed by atoms with Crippen molar-refractivity contribution in [2.75, 3.05) is 12.8 Å². The lowest BCUT2D eigenvalue weighted by atomic mass is 10.2. The lowest BCUT2D eigenvalue weighted by Crippen LogP contribution is -2.33. The maximum absolute atomic E-state index is 13.1. The number of halogens is 1. The topological polar surface area (TPSA) is 79.0 Å². The maximum Gasteiger partial charge on any atom is 0.258 e. The highest BCUT2D eigenvalue weighted by Gasteiger charge is 2.20. The number of carbonyl (C=O) groups is 1. The second kappa shape index (κ2) is 8.54. The molecule has 0 bridgehead atoms. The zero-order valence-electron chi connectivity index (χ0n) is 15.0.